The molecule has 6 heteroatoms. The van der Waals surface area contributed by atoms with E-state index in [1.165, 1.54) is 5.56 Å². The Hall–Kier alpha value is -2.89. The van der Waals surface area contributed by atoms with Crippen LogP contribution in [0.3, 0.4) is 0 Å². The van der Waals surface area contributed by atoms with Gasteiger partial charge in [-0.25, -0.2) is 0 Å². The van der Waals surface area contributed by atoms with Crippen molar-refractivity contribution < 1.29 is 23.7 Å². The Balaban J connectivity index is 1.24. The van der Waals surface area contributed by atoms with Crippen molar-refractivity contribution in [1.82, 2.24) is 4.90 Å². The number of hydrogen-bond acceptors (Lipinski definition) is 5. The van der Waals surface area contributed by atoms with Gasteiger partial charge in [-0.3, -0.25) is 4.79 Å². The third kappa shape index (κ3) is 2.71. The third-order valence-electron chi connectivity index (χ3n) is 5.12. The molecule has 3 heterocycles. The SMILES string of the molecule is O=C(CCc1ccc2c(c1)OCO2)N1CCc2cc3c(cc2C1)OCO3. The topological polar surface area (TPSA) is 57.2 Å². The van der Waals surface area contributed by atoms with E-state index in [0.29, 0.717) is 19.4 Å². The summed E-state index contributed by atoms with van der Waals surface area (Å²) in [7, 11) is 0. The minimum absolute atomic E-state index is 0.172. The van der Waals surface area contributed by atoms with Crippen molar-refractivity contribution >= 4 is 5.91 Å². The van der Waals surface area contributed by atoms with Gasteiger partial charge in [0.15, 0.2) is 23.0 Å². The van der Waals surface area contributed by atoms with Crippen molar-refractivity contribution in [3.8, 4) is 23.0 Å². The Kier molecular flexibility index (Phi) is 3.62. The van der Waals surface area contributed by atoms with Gasteiger partial charge in [-0.1, -0.05) is 6.07 Å². The molecule has 0 bridgehead atoms. The average Bonchev–Trinajstić information content (AvgIpc) is 3.31. The van der Waals surface area contributed by atoms with E-state index in [1.54, 1.807) is 0 Å². The van der Waals surface area contributed by atoms with Gasteiger partial charge in [-0.05, 0) is 53.8 Å². The van der Waals surface area contributed by atoms with Crippen LogP contribution in [0.5, 0.6) is 23.0 Å². The molecule has 5 rings (SSSR count). The minimum atomic E-state index is 0.172. The van der Waals surface area contributed by atoms with Gasteiger partial charge < -0.3 is 23.8 Å². The molecule has 26 heavy (non-hydrogen) atoms. The quantitative estimate of drug-likeness (QED) is 0.849. The van der Waals surface area contributed by atoms with E-state index < -0.39 is 0 Å². The first kappa shape index (κ1) is 15.4. The first-order valence-corrected chi connectivity index (χ1v) is 8.84. The molecule has 0 aromatic heterocycles. The number of aryl methyl sites for hydroxylation is 1. The van der Waals surface area contributed by atoms with Crippen molar-refractivity contribution in [3.05, 3.63) is 47.0 Å². The van der Waals surface area contributed by atoms with Crippen LogP contribution in [0.25, 0.3) is 0 Å². The second-order valence-electron chi connectivity index (χ2n) is 6.73. The van der Waals surface area contributed by atoms with E-state index in [2.05, 4.69) is 0 Å². The zero-order valence-electron chi connectivity index (χ0n) is 14.3. The molecule has 3 aliphatic heterocycles. The van der Waals surface area contributed by atoms with E-state index in [9.17, 15) is 4.79 Å². The fourth-order valence-corrected chi connectivity index (χ4v) is 3.66. The molecule has 0 unspecified atom stereocenters. The lowest BCUT2D eigenvalue weighted by Gasteiger charge is -2.29. The summed E-state index contributed by atoms with van der Waals surface area (Å²) >= 11 is 0. The highest BCUT2D eigenvalue weighted by molar-refractivity contribution is 5.77. The normalized spacial score (nSPS) is 16.5. The Morgan fingerprint density at radius 1 is 0.885 bits per heavy atom. The van der Waals surface area contributed by atoms with Crippen molar-refractivity contribution in [3.63, 3.8) is 0 Å². The Bertz CT molecular complexity index is 879. The monoisotopic (exact) mass is 353 g/mol. The van der Waals surface area contributed by atoms with Crippen LogP contribution in [0.15, 0.2) is 30.3 Å². The van der Waals surface area contributed by atoms with Gasteiger partial charge >= 0.3 is 0 Å². The Labute approximate surface area is 151 Å². The second kappa shape index (κ2) is 6.12. The maximum Gasteiger partial charge on any atom is 0.231 e. The van der Waals surface area contributed by atoms with Crippen molar-refractivity contribution in [2.75, 3.05) is 20.1 Å². The molecule has 0 N–H and O–H groups in total. The highest BCUT2D eigenvalue weighted by Gasteiger charge is 2.24. The lowest BCUT2D eigenvalue weighted by atomic mass is 9.98. The van der Waals surface area contributed by atoms with Gasteiger partial charge in [0.1, 0.15) is 0 Å². The van der Waals surface area contributed by atoms with Crippen LogP contribution >= 0.6 is 0 Å². The molecule has 0 radical (unpaired) electrons. The molecule has 0 fully saturated rings. The maximum atomic E-state index is 12.7. The van der Waals surface area contributed by atoms with Crippen molar-refractivity contribution in [1.29, 1.82) is 0 Å². The summed E-state index contributed by atoms with van der Waals surface area (Å²) < 4.78 is 21.6. The lowest BCUT2D eigenvalue weighted by Crippen LogP contribution is -2.36. The number of carbonyl (C=O) groups is 1. The van der Waals surface area contributed by atoms with Crippen LogP contribution in [0.1, 0.15) is 23.1 Å². The van der Waals surface area contributed by atoms with E-state index in [1.807, 2.05) is 35.2 Å². The fraction of sp³-hybridized carbons (Fsp3) is 0.350. The number of hydrogen-bond donors (Lipinski definition) is 0. The van der Waals surface area contributed by atoms with Gasteiger partial charge in [0.05, 0.1) is 0 Å². The number of benzene rings is 2. The molecule has 0 atom stereocenters. The summed E-state index contributed by atoms with van der Waals surface area (Å²) in [6, 6.07) is 9.91. The van der Waals surface area contributed by atoms with Gasteiger partial charge in [0, 0.05) is 19.5 Å². The fourth-order valence-electron chi connectivity index (χ4n) is 3.66. The van der Waals surface area contributed by atoms with Crippen LogP contribution in [-0.4, -0.2) is 30.9 Å². The second-order valence-corrected chi connectivity index (χ2v) is 6.73. The lowest BCUT2D eigenvalue weighted by molar-refractivity contribution is -0.132. The molecular weight excluding hydrogens is 334 g/mol. The number of carbonyl (C=O) groups excluding carboxylic acids is 1. The summed E-state index contributed by atoms with van der Waals surface area (Å²) in [5, 5.41) is 0. The summed E-state index contributed by atoms with van der Waals surface area (Å²) in [5.41, 5.74) is 3.48. The molecule has 0 aliphatic carbocycles. The van der Waals surface area contributed by atoms with Gasteiger partial charge in [0.2, 0.25) is 19.5 Å². The number of nitrogens with zero attached hydrogens (tertiary/aromatic N) is 1. The number of amides is 1. The number of fused-ring (bicyclic) bond motifs is 3. The van der Waals surface area contributed by atoms with Crippen LogP contribution in [0.2, 0.25) is 0 Å². The number of rotatable bonds is 3. The molecular formula is C20H19NO5. The highest BCUT2D eigenvalue weighted by Crippen LogP contribution is 2.37. The van der Waals surface area contributed by atoms with E-state index >= 15 is 0 Å². The minimum Gasteiger partial charge on any atom is -0.454 e. The zero-order valence-corrected chi connectivity index (χ0v) is 14.3. The van der Waals surface area contributed by atoms with Crippen LogP contribution in [0, 0.1) is 0 Å². The molecule has 3 aliphatic rings. The first-order chi connectivity index (χ1) is 12.8. The standard InChI is InChI=1S/C20H19NO5/c22-20(4-2-13-1-3-16-17(7-13)24-11-23-16)21-6-5-14-8-18-19(26-12-25-18)9-15(14)10-21/h1,3,7-9H,2,4-6,10-12H2. The summed E-state index contributed by atoms with van der Waals surface area (Å²) in [4.78, 5) is 14.6. The molecule has 0 saturated carbocycles. The molecule has 0 saturated heterocycles. The highest BCUT2D eigenvalue weighted by atomic mass is 16.7. The van der Waals surface area contributed by atoms with Crippen LogP contribution in [-0.2, 0) is 24.2 Å². The molecule has 134 valence electrons. The largest absolute Gasteiger partial charge is 0.454 e. The van der Waals surface area contributed by atoms with Crippen molar-refractivity contribution in [2.45, 2.75) is 25.8 Å². The Morgan fingerprint density at radius 3 is 2.38 bits per heavy atom. The van der Waals surface area contributed by atoms with Gasteiger partial charge in [-0.2, -0.15) is 0 Å². The maximum absolute atomic E-state index is 12.7. The first-order valence-electron chi connectivity index (χ1n) is 8.84. The zero-order chi connectivity index (χ0) is 17.5. The summed E-state index contributed by atoms with van der Waals surface area (Å²) in [5.74, 6) is 3.29. The van der Waals surface area contributed by atoms with Gasteiger partial charge in [-0.15, -0.1) is 0 Å². The predicted molar refractivity (Wildman–Crippen MR) is 92.6 cm³/mol. The average molecular weight is 353 g/mol. The summed E-state index contributed by atoms with van der Waals surface area (Å²) in [6.45, 7) is 1.92. The Morgan fingerprint density at radius 2 is 1.58 bits per heavy atom. The third-order valence-corrected chi connectivity index (χ3v) is 5.12. The molecule has 1 amide bonds. The van der Waals surface area contributed by atoms with E-state index in [-0.39, 0.29) is 19.5 Å². The van der Waals surface area contributed by atoms with E-state index in [0.717, 1.165) is 47.1 Å². The number of ether oxygens (including phenoxy) is 4. The van der Waals surface area contributed by atoms with Gasteiger partial charge in [0.25, 0.3) is 0 Å². The molecule has 2 aromatic carbocycles. The molecule has 6 nitrogen and oxygen atoms in total. The smallest absolute Gasteiger partial charge is 0.231 e. The molecule has 2 aromatic rings. The summed E-state index contributed by atoms with van der Waals surface area (Å²) in [6.07, 6.45) is 2.03. The van der Waals surface area contributed by atoms with Crippen LogP contribution < -0.4 is 18.9 Å². The van der Waals surface area contributed by atoms with E-state index in [4.69, 9.17) is 18.9 Å². The predicted octanol–water partition coefficient (Wildman–Crippen LogP) is 2.66. The van der Waals surface area contributed by atoms with Crippen molar-refractivity contribution in [2.24, 2.45) is 0 Å². The van der Waals surface area contributed by atoms with Crippen LogP contribution in [0.4, 0.5) is 0 Å². The molecule has 0 spiro atoms.